The van der Waals surface area contributed by atoms with E-state index in [2.05, 4.69) is 16.7 Å². The molecule has 1 aromatic rings. The number of benzene rings is 1. The average molecular weight is 304 g/mol. The van der Waals surface area contributed by atoms with E-state index in [-0.39, 0.29) is 24.4 Å². The maximum absolute atomic E-state index is 12.1. The van der Waals surface area contributed by atoms with E-state index in [1.54, 1.807) is 4.90 Å². The Balaban J connectivity index is 1.75. The van der Waals surface area contributed by atoms with E-state index in [0.29, 0.717) is 26.2 Å². The first-order valence-corrected chi connectivity index (χ1v) is 7.66. The van der Waals surface area contributed by atoms with E-state index in [1.165, 1.54) is 11.1 Å². The van der Waals surface area contributed by atoms with Gasteiger partial charge in [0.25, 0.3) is 0 Å². The zero-order chi connectivity index (χ0) is 15.9. The largest absolute Gasteiger partial charge is 0.354 e. The molecular weight excluding hydrogens is 280 g/mol. The predicted molar refractivity (Wildman–Crippen MR) is 85.2 cm³/mol. The van der Waals surface area contributed by atoms with Crippen LogP contribution in [0.3, 0.4) is 0 Å². The molecule has 1 aromatic carbocycles. The first-order valence-electron chi connectivity index (χ1n) is 7.66. The summed E-state index contributed by atoms with van der Waals surface area (Å²) in [4.78, 5) is 25.5. The standard InChI is InChI=1S/C16H24N4O2/c1-12(8-17)9-18-15(21)10-19-16(22)20-7-6-13-4-2-3-5-14(13)11-20/h2-5,12H,6-11,17H2,1H3,(H,18,21)(H,19,22). The van der Waals surface area contributed by atoms with E-state index in [0.717, 1.165) is 6.42 Å². The molecule has 6 heteroatoms. The van der Waals surface area contributed by atoms with Crippen molar-refractivity contribution in [2.75, 3.05) is 26.2 Å². The highest BCUT2D eigenvalue weighted by atomic mass is 16.2. The zero-order valence-corrected chi connectivity index (χ0v) is 13.0. The highest BCUT2D eigenvalue weighted by Gasteiger charge is 2.20. The molecule has 0 radical (unpaired) electrons. The van der Waals surface area contributed by atoms with Crippen LogP contribution in [0.25, 0.3) is 0 Å². The Morgan fingerprint density at radius 2 is 2.00 bits per heavy atom. The first kappa shape index (κ1) is 16.3. The Morgan fingerprint density at radius 1 is 1.27 bits per heavy atom. The molecule has 0 bridgehead atoms. The Bertz CT molecular complexity index is 533. The molecule has 0 fully saturated rings. The van der Waals surface area contributed by atoms with Gasteiger partial charge in [0.1, 0.15) is 0 Å². The number of fused-ring (bicyclic) bond motifs is 1. The Morgan fingerprint density at radius 3 is 2.73 bits per heavy atom. The number of amides is 3. The minimum Gasteiger partial charge on any atom is -0.354 e. The summed E-state index contributed by atoms with van der Waals surface area (Å²) in [6, 6.07) is 7.93. The molecule has 1 heterocycles. The second-order valence-corrected chi connectivity index (χ2v) is 5.74. The van der Waals surface area contributed by atoms with Crippen molar-refractivity contribution in [3.8, 4) is 0 Å². The summed E-state index contributed by atoms with van der Waals surface area (Å²) in [5.74, 6) is 0.0457. The van der Waals surface area contributed by atoms with Crippen molar-refractivity contribution in [2.45, 2.75) is 19.9 Å². The van der Waals surface area contributed by atoms with Gasteiger partial charge in [-0.3, -0.25) is 4.79 Å². The fourth-order valence-corrected chi connectivity index (χ4v) is 2.37. The summed E-state index contributed by atoms with van der Waals surface area (Å²) in [5.41, 5.74) is 7.95. The van der Waals surface area contributed by atoms with Crippen LogP contribution in [-0.4, -0.2) is 43.0 Å². The van der Waals surface area contributed by atoms with Crippen LogP contribution in [0, 0.1) is 5.92 Å². The van der Waals surface area contributed by atoms with Crippen molar-refractivity contribution in [3.63, 3.8) is 0 Å². The number of nitrogens with one attached hydrogen (secondary N) is 2. The van der Waals surface area contributed by atoms with Crippen molar-refractivity contribution in [2.24, 2.45) is 11.7 Å². The van der Waals surface area contributed by atoms with Gasteiger partial charge < -0.3 is 21.3 Å². The number of carbonyl (C=O) groups is 2. The van der Waals surface area contributed by atoms with E-state index in [4.69, 9.17) is 5.73 Å². The zero-order valence-electron chi connectivity index (χ0n) is 13.0. The molecule has 0 saturated heterocycles. The maximum Gasteiger partial charge on any atom is 0.318 e. The normalized spacial score (nSPS) is 14.9. The third-order valence-corrected chi connectivity index (χ3v) is 3.87. The van der Waals surface area contributed by atoms with Gasteiger partial charge in [-0.2, -0.15) is 0 Å². The molecule has 120 valence electrons. The van der Waals surface area contributed by atoms with Gasteiger partial charge in [-0.05, 0) is 30.0 Å². The van der Waals surface area contributed by atoms with Gasteiger partial charge in [-0.15, -0.1) is 0 Å². The number of hydrogen-bond acceptors (Lipinski definition) is 3. The molecule has 1 unspecified atom stereocenters. The lowest BCUT2D eigenvalue weighted by Gasteiger charge is -2.28. The summed E-state index contributed by atoms with van der Waals surface area (Å²) in [6.45, 7) is 4.28. The quantitative estimate of drug-likeness (QED) is 0.739. The van der Waals surface area contributed by atoms with E-state index >= 15 is 0 Å². The molecule has 0 spiro atoms. The third kappa shape index (κ3) is 4.46. The molecule has 0 aliphatic carbocycles. The van der Waals surface area contributed by atoms with Crippen LogP contribution >= 0.6 is 0 Å². The van der Waals surface area contributed by atoms with Gasteiger partial charge in [0.2, 0.25) is 5.91 Å². The van der Waals surface area contributed by atoms with Gasteiger partial charge in [-0.1, -0.05) is 31.2 Å². The van der Waals surface area contributed by atoms with Gasteiger partial charge in [-0.25, -0.2) is 4.79 Å². The van der Waals surface area contributed by atoms with E-state index < -0.39 is 0 Å². The first-order chi connectivity index (χ1) is 10.6. The van der Waals surface area contributed by atoms with Crippen molar-refractivity contribution in [1.29, 1.82) is 0 Å². The number of urea groups is 1. The maximum atomic E-state index is 12.1. The molecule has 1 aliphatic heterocycles. The molecule has 0 aromatic heterocycles. The van der Waals surface area contributed by atoms with Gasteiger partial charge in [0, 0.05) is 19.6 Å². The molecule has 2 rings (SSSR count). The number of carbonyl (C=O) groups excluding carboxylic acids is 2. The number of hydrogen-bond donors (Lipinski definition) is 3. The third-order valence-electron chi connectivity index (χ3n) is 3.87. The Labute approximate surface area is 131 Å². The van der Waals surface area contributed by atoms with Crippen molar-refractivity contribution in [1.82, 2.24) is 15.5 Å². The van der Waals surface area contributed by atoms with Crippen molar-refractivity contribution >= 4 is 11.9 Å². The molecule has 22 heavy (non-hydrogen) atoms. The monoisotopic (exact) mass is 304 g/mol. The van der Waals surface area contributed by atoms with E-state index in [1.807, 2.05) is 25.1 Å². The van der Waals surface area contributed by atoms with Crippen LogP contribution in [-0.2, 0) is 17.8 Å². The van der Waals surface area contributed by atoms with E-state index in [9.17, 15) is 9.59 Å². The van der Waals surface area contributed by atoms with Gasteiger partial charge in [0.05, 0.1) is 6.54 Å². The van der Waals surface area contributed by atoms with Crippen molar-refractivity contribution in [3.05, 3.63) is 35.4 Å². The molecule has 0 saturated carbocycles. The summed E-state index contributed by atoms with van der Waals surface area (Å²) in [7, 11) is 0. The molecule has 4 N–H and O–H groups in total. The highest BCUT2D eigenvalue weighted by molar-refractivity contribution is 5.84. The lowest BCUT2D eigenvalue weighted by molar-refractivity contribution is -0.120. The second-order valence-electron chi connectivity index (χ2n) is 5.74. The van der Waals surface area contributed by atoms with Gasteiger partial charge in [0.15, 0.2) is 0 Å². The Hall–Kier alpha value is -2.08. The van der Waals surface area contributed by atoms with Crippen LogP contribution in [0.5, 0.6) is 0 Å². The number of nitrogens with zero attached hydrogens (tertiary/aromatic N) is 1. The highest BCUT2D eigenvalue weighted by Crippen LogP contribution is 2.18. The average Bonchev–Trinajstić information content (AvgIpc) is 2.56. The smallest absolute Gasteiger partial charge is 0.318 e. The predicted octanol–water partition coefficient (Wildman–Crippen LogP) is 0.465. The summed E-state index contributed by atoms with van der Waals surface area (Å²) in [6.07, 6.45) is 0.851. The number of nitrogens with two attached hydrogens (primary N) is 1. The Kier molecular flexibility index (Phi) is 5.77. The molecular formula is C16H24N4O2. The minimum absolute atomic E-state index is 0.00568. The van der Waals surface area contributed by atoms with Crippen LogP contribution in [0.15, 0.2) is 24.3 Å². The van der Waals surface area contributed by atoms with Gasteiger partial charge >= 0.3 is 6.03 Å². The van der Waals surface area contributed by atoms with Crippen LogP contribution in [0.2, 0.25) is 0 Å². The number of rotatable bonds is 5. The van der Waals surface area contributed by atoms with Crippen LogP contribution in [0.1, 0.15) is 18.1 Å². The molecule has 3 amide bonds. The van der Waals surface area contributed by atoms with Crippen LogP contribution in [0.4, 0.5) is 4.79 Å². The SMILES string of the molecule is CC(CN)CNC(=O)CNC(=O)N1CCc2ccccc2C1. The fraction of sp³-hybridized carbons (Fsp3) is 0.500. The lowest BCUT2D eigenvalue weighted by atomic mass is 10.0. The van der Waals surface area contributed by atoms with Crippen molar-refractivity contribution < 1.29 is 9.59 Å². The summed E-state index contributed by atoms with van der Waals surface area (Å²) in [5, 5.41) is 5.42. The molecule has 6 nitrogen and oxygen atoms in total. The molecule has 1 atom stereocenters. The second kappa shape index (κ2) is 7.79. The minimum atomic E-state index is -0.198. The van der Waals surface area contributed by atoms with Crippen LogP contribution < -0.4 is 16.4 Å². The summed E-state index contributed by atoms with van der Waals surface area (Å²) < 4.78 is 0. The molecule has 1 aliphatic rings. The lowest BCUT2D eigenvalue weighted by Crippen LogP contribution is -2.46. The topological polar surface area (TPSA) is 87.5 Å². The fourth-order valence-electron chi connectivity index (χ4n) is 2.37. The summed E-state index contributed by atoms with van der Waals surface area (Å²) >= 11 is 0.